The first kappa shape index (κ1) is 23.1. The molecule has 0 spiro atoms. The Bertz CT molecular complexity index is 1160. The summed E-state index contributed by atoms with van der Waals surface area (Å²) in [6.45, 7) is 5.30. The van der Waals surface area contributed by atoms with Crippen molar-refractivity contribution in [2.24, 2.45) is 5.92 Å². The fourth-order valence-corrected chi connectivity index (χ4v) is 4.51. The Labute approximate surface area is 200 Å². The van der Waals surface area contributed by atoms with Gasteiger partial charge in [0.1, 0.15) is 22.3 Å². The quantitative estimate of drug-likeness (QED) is 0.414. The van der Waals surface area contributed by atoms with E-state index in [1.807, 2.05) is 19.1 Å². The van der Waals surface area contributed by atoms with Crippen molar-refractivity contribution in [3.63, 3.8) is 0 Å². The predicted octanol–water partition coefficient (Wildman–Crippen LogP) is 4.14. The molecule has 1 aromatic carbocycles. The van der Waals surface area contributed by atoms with E-state index in [2.05, 4.69) is 36.2 Å². The molecule has 3 aromatic rings. The number of aryl methyl sites for hydroxylation is 2. The Morgan fingerprint density at radius 1 is 1.12 bits per heavy atom. The van der Waals surface area contributed by atoms with Crippen LogP contribution in [0.4, 0.5) is 22.5 Å². The third kappa shape index (κ3) is 5.84. The lowest BCUT2D eigenvalue weighted by Crippen LogP contribution is -2.34. The number of halogens is 1. The van der Waals surface area contributed by atoms with Gasteiger partial charge in [0.05, 0.1) is 16.9 Å². The third-order valence-electron chi connectivity index (χ3n) is 5.22. The second-order valence-corrected chi connectivity index (χ2v) is 9.18. The van der Waals surface area contributed by atoms with Crippen molar-refractivity contribution < 1.29 is 9.59 Å². The van der Waals surface area contributed by atoms with E-state index in [9.17, 15) is 9.59 Å². The average molecular weight is 486 g/mol. The van der Waals surface area contributed by atoms with Crippen molar-refractivity contribution in [3.05, 3.63) is 51.7 Å². The van der Waals surface area contributed by atoms with Gasteiger partial charge < -0.3 is 21.3 Å². The SMILES string of the molecule is Cc1nc(NC(=O)C2CCNCC2)cc(Nc2ncc(C(=O)Nc3c(C)cccc3Cl)s2)n1. The number of nitrogens with one attached hydrogen (secondary N) is 4. The molecule has 4 rings (SSSR count). The number of thiazole rings is 1. The number of rotatable bonds is 6. The van der Waals surface area contributed by atoms with Crippen LogP contribution in [0.25, 0.3) is 0 Å². The van der Waals surface area contributed by atoms with Crippen molar-refractivity contribution in [1.29, 1.82) is 0 Å². The largest absolute Gasteiger partial charge is 0.320 e. The number of carbonyl (C=O) groups is 2. The lowest BCUT2D eigenvalue weighted by Gasteiger charge is -2.21. The zero-order valence-electron chi connectivity index (χ0n) is 18.2. The summed E-state index contributed by atoms with van der Waals surface area (Å²) in [4.78, 5) is 38.6. The number of hydrogen-bond donors (Lipinski definition) is 4. The van der Waals surface area contributed by atoms with Gasteiger partial charge in [-0.25, -0.2) is 15.0 Å². The fourth-order valence-electron chi connectivity index (χ4n) is 3.52. The van der Waals surface area contributed by atoms with E-state index in [0.717, 1.165) is 31.5 Å². The summed E-state index contributed by atoms with van der Waals surface area (Å²) in [6.07, 6.45) is 3.10. The molecule has 1 aliphatic rings. The van der Waals surface area contributed by atoms with Crippen LogP contribution < -0.4 is 21.3 Å². The Balaban J connectivity index is 1.43. The zero-order chi connectivity index (χ0) is 23.4. The van der Waals surface area contributed by atoms with Crippen molar-refractivity contribution in [2.75, 3.05) is 29.0 Å². The number of benzene rings is 1. The minimum atomic E-state index is -0.300. The molecular formula is C22H24ClN7O2S. The van der Waals surface area contributed by atoms with Crippen LogP contribution in [-0.4, -0.2) is 39.9 Å². The number of amides is 2. The molecular weight excluding hydrogens is 462 g/mol. The molecule has 4 N–H and O–H groups in total. The first-order chi connectivity index (χ1) is 15.9. The fraction of sp³-hybridized carbons (Fsp3) is 0.318. The van der Waals surface area contributed by atoms with Crippen molar-refractivity contribution in [2.45, 2.75) is 26.7 Å². The van der Waals surface area contributed by atoms with E-state index >= 15 is 0 Å². The Hall–Kier alpha value is -3.08. The predicted molar refractivity (Wildman–Crippen MR) is 131 cm³/mol. The summed E-state index contributed by atoms with van der Waals surface area (Å²) >= 11 is 7.39. The number of nitrogens with zero attached hydrogens (tertiary/aromatic N) is 3. The monoisotopic (exact) mass is 485 g/mol. The molecule has 0 bridgehead atoms. The summed E-state index contributed by atoms with van der Waals surface area (Å²) in [5, 5.41) is 13.0. The van der Waals surface area contributed by atoms with Crippen LogP contribution >= 0.6 is 22.9 Å². The van der Waals surface area contributed by atoms with E-state index in [1.165, 1.54) is 17.5 Å². The molecule has 9 nitrogen and oxygen atoms in total. The first-order valence-electron chi connectivity index (χ1n) is 10.6. The zero-order valence-corrected chi connectivity index (χ0v) is 19.8. The van der Waals surface area contributed by atoms with Gasteiger partial charge in [-0.2, -0.15) is 0 Å². The van der Waals surface area contributed by atoms with E-state index in [4.69, 9.17) is 11.6 Å². The van der Waals surface area contributed by atoms with Crippen molar-refractivity contribution in [1.82, 2.24) is 20.3 Å². The number of aromatic nitrogens is 3. The smallest absolute Gasteiger partial charge is 0.267 e. The summed E-state index contributed by atoms with van der Waals surface area (Å²) < 4.78 is 0. The minimum Gasteiger partial charge on any atom is -0.320 e. The molecule has 0 radical (unpaired) electrons. The van der Waals surface area contributed by atoms with Gasteiger partial charge in [0, 0.05) is 12.0 Å². The molecule has 0 atom stereocenters. The number of hydrogen-bond acceptors (Lipinski definition) is 8. The second-order valence-electron chi connectivity index (χ2n) is 7.74. The maximum atomic E-state index is 12.7. The molecule has 11 heteroatoms. The normalized spacial score (nSPS) is 14.0. The molecule has 0 aliphatic carbocycles. The van der Waals surface area contributed by atoms with E-state index < -0.39 is 0 Å². The summed E-state index contributed by atoms with van der Waals surface area (Å²) in [6, 6.07) is 7.08. The number of carbonyl (C=O) groups excluding carboxylic acids is 2. The average Bonchev–Trinajstić information content (AvgIpc) is 3.25. The maximum Gasteiger partial charge on any atom is 0.267 e. The van der Waals surface area contributed by atoms with Crippen LogP contribution in [0.3, 0.4) is 0 Å². The summed E-state index contributed by atoms with van der Waals surface area (Å²) in [7, 11) is 0. The van der Waals surface area contributed by atoms with Crippen LogP contribution in [0.1, 0.15) is 33.9 Å². The molecule has 1 fully saturated rings. The Morgan fingerprint density at radius 2 is 1.88 bits per heavy atom. The van der Waals surface area contributed by atoms with Crippen molar-refractivity contribution in [3.8, 4) is 0 Å². The third-order valence-corrected chi connectivity index (χ3v) is 6.45. The highest BCUT2D eigenvalue weighted by Crippen LogP contribution is 2.28. The van der Waals surface area contributed by atoms with E-state index in [-0.39, 0.29) is 17.7 Å². The first-order valence-corrected chi connectivity index (χ1v) is 11.7. The Morgan fingerprint density at radius 3 is 2.64 bits per heavy atom. The van der Waals surface area contributed by atoms with Gasteiger partial charge in [0.2, 0.25) is 5.91 Å². The highest BCUT2D eigenvalue weighted by atomic mass is 35.5. The van der Waals surface area contributed by atoms with Crippen LogP contribution in [0, 0.1) is 19.8 Å². The summed E-state index contributed by atoms with van der Waals surface area (Å²) in [5.74, 6) is 1.04. The maximum absolute atomic E-state index is 12.7. The number of para-hydroxylation sites is 1. The van der Waals surface area contributed by atoms with Crippen LogP contribution in [0.5, 0.6) is 0 Å². The van der Waals surface area contributed by atoms with Gasteiger partial charge in [0.25, 0.3) is 5.91 Å². The Kier molecular flexibility index (Phi) is 7.17. The molecule has 2 amide bonds. The number of anilines is 4. The molecule has 1 aliphatic heterocycles. The van der Waals surface area contributed by atoms with Crippen LogP contribution in [-0.2, 0) is 4.79 Å². The van der Waals surface area contributed by atoms with Crippen LogP contribution in [0.2, 0.25) is 5.02 Å². The molecule has 172 valence electrons. The highest BCUT2D eigenvalue weighted by molar-refractivity contribution is 7.17. The molecule has 2 aromatic heterocycles. The highest BCUT2D eigenvalue weighted by Gasteiger charge is 2.21. The standard InChI is InChI=1S/C22H24ClN7O2S/c1-12-4-3-5-15(23)19(12)30-21(32)16-11-25-22(33-16)29-18-10-17(26-13(2)27-18)28-20(31)14-6-8-24-9-7-14/h3-5,10-11,14,24H,6-9H2,1-2H3,(H,30,32)(H2,25,26,27,28,29,31). The van der Waals surface area contributed by atoms with Gasteiger partial charge >= 0.3 is 0 Å². The van der Waals surface area contributed by atoms with Crippen molar-refractivity contribution >= 4 is 57.2 Å². The molecule has 1 saturated heterocycles. The molecule has 0 unspecified atom stereocenters. The second kappa shape index (κ2) is 10.2. The molecule has 0 saturated carbocycles. The number of piperidine rings is 1. The van der Waals surface area contributed by atoms with Gasteiger partial charge in [-0.3, -0.25) is 9.59 Å². The lowest BCUT2D eigenvalue weighted by molar-refractivity contribution is -0.120. The van der Waals surface area contributed by atoms with Crippen LogP contribution in [0.15, 0.2) is 30.5 Å². The van der Waals surface area contributed by atoms with Gasteiger partial charge in [-0.1, -0.05) is 35.1 Å². The van der Waals surface area contributed by atoms with Gasteiger partial charge in [-0.15, -0.1) is 0 Å². The van der Waals surface area contributed by atoms with E-state index in [0.29, 0.717) is 38.2 Å². The van der Waals surface area contributed by atoms with E-state index in [1.54, 1.807) is 19.1 Å². The lowest BCUT2D eigenvalue weighted by atomic mass is 9.97. The minimum absolute atomic E-state index is 0.0280. The van der Waals surface area contributed by atoms with Gasteiger partial charge in [-0.05, 0) is 51.4 Å². The summed E-state index contributed by atoms with van der Waals surface area (Å²) in [5.41, 5.74) is 1.45. The topological polar surface area (TPSA) is 121 Å². The van der Waals surface area contributed by atoms with Gasteiger partial charge in [0.15, 0.2) is 5.13 Å². The molecule has 3 heterocycles. The molecule has 33 heavy (non-hydrogen) atoms.